The van der Waals surface area contributed by atoms with E-state index >= 15 is 0 Å². The van der Waals surface area contributed by atoms with Gasteiger partial charge < -0.3 is 23.1 Å². The van der Waals surface area contributed by atoms with E-state index in [1.165, 1.54) is 12.1 Å². The molecule has 37 heavy (non-hydrogen) atoms. The molecule has 0 N–H and O–H groups in total. The minimum atomic E-state index is -0.457. The zero-order chi connectivity index (χ0) is 25.8. The van der Waals surface area contributed by atoms with Gasteiger partial charge in [-0.15, -0.1) is 0 Å². The molecule has 7 nitrogen and oxygen atoms in total. The Kier molecular flexibility index (Phi) is 6.81. The van der Waals surface area contributed by atoms with Crippen LogP contribution in [0.2, 0.25) is 0 Å². The van der Waals surface area contributed by atoms with Crippen LogP contribution in [0.1, 0.15) is 27.2 Å². The molecule has 3 heterocycles. The van der Waals surface area contributed by atoms with Gasteiger partial charge in [-0.25, -0.2) is 9.37 Å². The van der Waals surface area contributed by atoms with Crippen LogP contribution in [0.25, 0.3) is 27.9 Å². The first-order valence-corrected chi connectivity index (χ1v) is 12.1. The Morgan fingerprint density at radius 2 is 1.70 bits per heavy atom. The Morgan fingerprint density at radius 3 is 2.49 bits per heavy atom. The summed E-state index contributed by atoms with van der Waals surface area (Å²) in [5.74, 6) is 1.60. The monoisotopic (exact) mass is 501 g/mol. The first kappa shape index (κ1) is 24.4. The molecule has 0 radical (unpaired) electrons. The topological polar surface area (TPSA) is 70.5 Å². The second-order valence-electron chi connectivity index (χ2n) is 9.57. The number of rotatable bonds is 8. The third-order valence-corrected chi connectivity index (χ3v) is 5.44. The predicted octanol–water partition coefficient (Wildman–Crippen LogP) is 6.37. The molecule has 0 saturated heterocycles. The van der Waals surface area contributed by atoms with Crippen molar-refractivity contribution in [3.63, 3.8) is 0 Å². The SMILES string of the molecule is CC(C)(C)ON=c1cc(-c2cc3cccn3cn2)oc2ccc(OCCCOc3ccc(F)cc3)cc12. The molecule has 0 fully saturated rings. The third kappa shape index (κ3) is 6.09. The smallest absolute Gasteiger partial charge is 0.155 e. The van der Waals surface area contributed by atoms with Crippen molar-refractivity contribution in [2.24, 2.45) is 5.16 Å². The van der Waals surface area contributed by atoms with E-state index in [4.69, 9.17) is 18.7 Å². The molecule has 3 aromatic heterocycles. The lowest BCUT2D eigenvalue weighted by Crippen LogP contribution is -2.18. The summed E-state index contributed by atoms with van der Waals surface area (Å²) in [7, 11) is 0. The molecule has 0 saturated carbocycles. The Bertz CT molecular complexity index is 1580. The average Bonchev–Trinajstić information content (AvgIpc) is 3.35. The van der Waals surface area contributed by atoms with Gasteiger partial charge in [-0.05, 0) is 81.4 Å². The number of benzene rings is 2. The van der Waals surface area contributed by atoms with Gasteiger partial charge in [0.1, 0.15) is 39.6 Å². The minimum absolute atomic E-state index is 0.289. The predicted molar refractivity (Wildman–Crippen MR) is 139 cm³/mol. The van der Waals surface area contributed by atoms with Crippen LogP contribution in [0, 0.1) is 5.82 Å². The maximum atomic E-state index is 13.0. The molecule has 5 aromatic rings. The molecule has 0 aliphatic rings. The van der Waals surface area contributed by atoms with Crippen molar-refractivity contribution >= 4 is 16.5 Å². The Labute approximate surface area is 213 Å². The number of hydrogen-bond acceptors (Lipinski definition) is 6. The average molecular weight is 502 g/mol. The highest BCUT2D eigenvalue weighted by molar-refractivity contribution is 5.80. The Balaban J connectivity index is 1.37. The second kappa shape index (κ2) is 10.3. The number of halogens is 1. The first-order chi connectivity index (χ1) is 17.8. The molecule has 0 amide bonds. The maximum Gasteiger partial charge on any atom is 0.155 e. The minimum Gasteiger partial charge on any atom is -0.493 e. The van der Waals surface area contributed by atoms with E-state index in [9.17, 15) is 4.39 Å². The van der Waals surface area contributed by atoms with E-state index in [-0.39, 0.29) is 5.82 Å². The molecule has 190 valence electrons. The summed E-state index contributed by atoms with van der Waals surface area (Å²) in [6.07, 6.45) is 4.36. The van der Waals surface area contributed by atoms with Crippen molar-refractivity contribution in [3.8, 4) is 23.0 Å². The second-order valence-corrected chi connectivity index (χ2v) is 9.57. The van der Waals surface area contributed by atoms with Crippen LogP contribution in [-0.2, 0) is 4.84 Å². The van der Waals surface area contributed by atoms with Gasteiger partial charge in [0.25, 0.3) is 0 Å². The van der Waals surface area contributed by atoms with Crippen LogP contribution >= 0.6 is 0 Å². The van der Waals surface area contributed by atoms with Gasteiger partial charge in [0, 0.05) is 24.2 Å². The zero-order valence-corrected chi connectivity index (χ0v) is 21.0. The molecule has 0 unspecified atom stereocenters. The maximum absolute atomic E-state index is 13.0. The van der Waals surface area contributed by atoms with E-state index in [2.05, 4.69) is 10.1 Å². The lowest BCUT2D eigenvalue weighted by Gasteiger charge is -2.15. The van der Waals surface area contributed by atoms with Gasteiger partial charge in [-0.1, -0.05) is 5.16 Å². The van der Waals surface area contributed by atoms with E-state index in [0.717, 1.165) is 10.9 Å². The van der Waals surface area contributed by atoms with Crippen LogP contribution in [0.15, 0.2) is 88.8 Å². The Hall–Kier alpha value is -4.33. The van der Waals surface area contributed by atoms with Gasteiger partial charge in [-0.2, -0.15) is 0 Å². The summed E-state index contributed by atoms with van der Waals surface area (Å²) >= 11 is 0. The molecule has 0 spiro atoms. The summed E-state index contributed by atoms with van der Waals surface area (Å²) in [4.78, 5) is 10.3. The number of ether oxygens (including phenoxy) is 2. The quantitative estimate of drug-likeness (QED) is 0.183. The molecule has 5 rings (SSSR count). The van der Waals surface area contributed by atoms with Gasteiger partial charge >= 0.3 is 0 Å². The number of aromatic nitrogens is 2. The van der Waals surface area contributed by atoms with Crippen molar-refractivity contribution in [2.45, 2.75) is 32.8 Å². The summed E-state index contributed by atoms with van der Waals surface area (Å²) in [5.41, 5.74) is 1.89. The van der Waals surface area contributed by atoms with Crippen molar-refractivity contribution in [2.75, 3.05) is 13.2 Å². The molecular weight excluding hydrogens is 473 g/mol. The summed E-state index contributed by atoms with van der Waals surface area (Å²) in [6.45, 7) is 6.73. The number of fused-ring (bicyclic) bond motifs is 2. The highest BCUT2D eigenvalue weighted by atomic mass is 19.1. The molecule has 0 aliphatic carbocycles. The number of hydrogen-bond donors (Lipinski definition) is 0. The van der Waals surface area contributed by atoms with Gasteiger partial charge in [0.2, 0.25) is 0 Å². The molecule has 0 aliphatic heterocycles. The van der Waals surface area contributed by atoms with Crippen molar-refractivity contribution in [3.05, 3.63) is 90.4 Å². The van der Waals surface area contributed by atoms with Gasteiger partial charge in [-0.3, -0.25) is 0 Å². The standard InChI is InChI=1S/C29H28FN3O4/c1-29(2,3)37-32-25-18-28(26-16-21-6-4-13-33(21)19-31-26)36-27-12-11-23(17-24(25)27)35-15-5-14-34-22-9-7-20(30)8-10-22/h4,6-13,16-19H,5,14-15H2,1-3H3. The lowest BCUT2D eigenvalue weighted by atomic mass is 10.2. The van der Waals surface area contributed by atoms with E-state index in [1.807, 2.05) is 73.8 Å². The zero-order valence-electron chi connectivity index (χ0n) is 21.0. The van der Waals surface area contributed by atoms with Crippen LogP contribution in [0.5, 0.6) is 11.5 Å². The fourth-order valence-corrected chi connectivity index (χ4v) is 3.67. The van der Waals surface area contributed by atoms with E-state index in [1.54, 1.807) is 18.5 Å². The summed E-state index contributed by atoms with van der Waals surface area (Å²) in [5, 5.41) is 5.82. The molecule has 8 heteroatoms. The normalized spacial score (nSPS) is 12.3. The van der Waals surface area contributed by atoms with E-state index in [0.29, 0.717) is 53.5 Å². The fourth-order valence-electron chi connectivity index (χ4n) is 3.67. The molecule has 0 bridgehead atoms. The van der Waals surface area contributed by atoms with E-state index < -0.39 is 5.60 Å². The number of nitrogens with zero attached hydrogens (tertiary/aromatic N) is 3. The first-order valence-electron chi connectivity index (χ1n) is 12.1. The van der Waals surface area contributed by atoms with Gasteiger partial charge in [0.15, 0.2) is 5.76 Å². The van der Waals surface area contributed by atoms with Gasteiger partial charge in [0.05, 0.1) is 24.9 Å². The molecular formula is C29H28FN3O4. The third-order valence-electron chi connectivity index (χ3n) is 5.44. The lowest BCUT2D eigenvalue weighted by molar-refractivity contribution is -0.00585. The molecule has 2 aromatic carbocycles. The Morgan fingerprint density at radius 1 is 0.946 bits per heavy atom. The summed E-state index contributed by atoms with van der Waals surface area (Å²) in [6, 6.07) is 19.3. The van der Waals surface area contributed by atoms with Crippen molar-refractivity contribution in [1.29, 1.82) is 0 Å². The van der Waals surface area contributed by atoms with Crippen LogP contribution in [-0.4, -0.2) is 28.2 Å². The van der Waals surface area contributed by atoms with Crippen LogP contribution in [0.4, 0.5) is 4.39 Å². The van der Waals surface area contributed by atoms with Crippen molar-refractivity contribution < 1.29 is 23.1 Å². The summed E-state index contributed by atoms with van der Waals surface area (Å²) < 4.78 is 32.7. The fraction of sp³-hybridized carbons (Fsp3) is 0.241. The van der Waals surface area contributed by atoms with Crippen LogP contribution in [0.3, 0.4) is 0 Å². The van der Waals surface area contributed by atoms with Crippen molar-refractivity contribution in [1.82, 2.24) is 9.38 Å². The highest BCUT2D eigenvalue weighted by Crippen LogP contribution is 2.25. The highest BCUT2D eigenvalue weighted by Gasteiger charge is 2.13. The molecule has 0 atom stereocenters. The van der Waals surface area contributed by atoms with Crippen LogP contribution < -0.4 is 14.8 Å². The largest absolute Gasteiger partial charge is 0.493 e.